The smallest absolute Gasteiger partial charge is 0.261 e. The number of carbonyl (C=O) groups is 2. The van der Waals surface area contributed by atoms with E-state index in [2.05, 4.69) is 4.90 Å². The Morgan fingerprint density at radius 1 is 0.864 bits per heavy atom. The molecule has 4 heteroatoms. The van der Waals surface area contributed by atoms with Gasteiger partial charge in [-0.3, -0.25) is 14.5 Å². The standard InChI is InChI=1S/C18H18N2O2/c1-19-17(21)13-7-5-6-12-15(20-10-3-2-4-11-20)9-8-14(16(12)13)18(19)22/h5-9H,2-4,10-11H2,1H3. The van der Waals surface area contributed by atoms with Crippen LogP contribution in [0.5, 0.6) is 0 Å². The van der Waals surface area contributed by atoms with E-state index in [1.165, 1.54) is 24.2 Å². The van der Waals surface area contributed by atoms with Gasteiger partial charge in [-0.25, -0.2) is 0 Å². The number of hydrogen-bond acceptors (Lipinski definition) is 3. The van der Waals surface area contributed by atoms with Crippen molar-refractivity contribution >= 4 is 28.3 Å². The van der Waals surface area contributed by atoms with E-state index in [9.17, 15) is 9.59 Å². The number of amides is 2. The van der Waals surface area contributed by atoms with E-state index in [-0.39, 0.29) is 11.8 Å². The number of carbonyl (C=O) groups excluding carboxylic acids is 2. The van der Waals surface area contributed by atoms with E-state index in [4.69, 9.17) is 0 Å². The van der Waals surface area contributed by atoms with Gasteiger partial charge in [0.1, 0.15) is 0 Å². The van der Waals surface area contributed by atoms with Crippen LogP contribution in [0.1, 0.15) is 40.0 Å². The van der Waals surface area contributed by atoms with Gasteiger partial charge in [0.25, 0.3) is 11.8 Å². The first-order valence-electron chi connectivity index (χ1n) is 7.81. The normalized spacial score (nSPS) is 18.2. The molecule has 0 unspecified atom stereocenters. The molecule has 1 fully saturated rings. The van der Waals surface area contributed by atoms with Gasteiger partial charge in [-0.1, -0.05) is 12.1 Å². The molecule has 0 bridgehead atoms. The molecule has 22 heavy (non-hydrogen) atoms. The lowest BCUT2D eigenvalue weighted by molar-refractivity contribution is 0.0651. The third-order valence-electron chi connectivity index (χ3n) is 4.78. The maximum absolute atomic E-state index is 12.4. The highest BCUT2D eigenvalue weighted by molar-refractivity contribution is 6.26. The van der Waals surface area contributed by atoms with Crippen molar-refractivity contribution in [3.63, 3.8) is 0 Å². The molecule has 1 saturated heterocycles. The van der Waals surface area contributed by atoms with Crippen LogP contribution in [0.25, 0.3) is 10.8 Å². The van der Waals surface area contributed by atoms with E-state index >= 15 is 0 Å². The van der Waals surface area contributed by atoms with E-state index in [1.807, 2.05) is 30.3 Å². The average Bonchev–Trinajstić information content (AvgIpc) is 2.58. The average molecular weight is 294 g/mol. The Hall–Kier alpha value is -2.36. The second-order valence-electron chi connectivity index (χ2n) is 6.08. The minimum Gasteiger partial charge on any atom is -0.371 e. The Labute approximate surface area is 129 Å². The number of piperidine rings is 1. The van der Waals surface area contributed by atoms with Crippen LogP contribution in [0.4, 0.5) is 5.69 Å². The van der Waals surface area contributed by atoms with Crippen LogP contribution >= 0.6 is 0 Å². The van der Waals surface area contributed by atoms with Crippen molar-refractivity contribution in [3.05, 3.63) is 41.5 Å². The van der Waals surface area contributed by atoms with Crippen LogP contribution in [0.2, 0.25) is 0 Å². The first kappa shape index (κ1) is 13.3. The van der Waals surface area contributed by atoms with Crippen molar-refractivity contribution in [2.24, 2.45) is 0 Å². The lowest BCUT2D eigenvalue weighted by atomic mass is 9.92. The van der Waals surface area contributed by atoms with Gasteiger partial charge in [0.15, 0.2) is 0 Å². The zero-order valence-corrected chi connectivity index (χ0v) is 12.6. The highest BCUT2D eigenvalue weighted by Gasteiger charge is 2.31. The van der Waals surface area contributed by atoms with Crippen LogP contribution in [0.15, 0.2) is 30.3 Å². The number of nitrogens with zero attached hydrogens (tertiary/aromatic N) is 2. The van der Waals surface area contributed by atoms with Crippen LogP contribution in [0, 0.1) is 0 Å². The van der Waals surface area contributed by atoms with Crippen molar-refractivity contribution < 1.29 is 9.59 Å². The second kappa shape index (κ2) is 4.83. The lowest BCUT2D eigenvalue weighted by Gasteiger charge is -2.31. The van der Waals surface area contributed by atoms with Crippen LogP contribution in [-0.4, -0.2) is 36.9 Å². The van der Waals surface area contributed by atoms with Crippen LogP contribution < -0.4 is 4.90 Å². The maximum atomic E-state index is 12.4. The summed E-state index contributed by atoms with van der Waals surface area (Å²) in [5.74, 6) is -0.419. The predicted molar refractivity (Wildman–Crippen MR) is 86.4 cm³/mol. The molecule has 2 heterocycles. The topological polar surface area (TPSA) is 40.6 Å². The molecule has 0 spiro atoms. The van der Waals surface area contributed by atoms with Crippen molar-refractivity contribution in [3.8, 4) is 0 Å². The molecule has 112 valence electrons. The molecular formula is C18H18N2O2. The molecule has 4 rings (SSSR count). The van der Waals surface area contributed by atoms with Crippen LogP contribution in [-0.2, 0) is 0 Å². The number of imide groups is 1. The molecule has 0 radical (unpaired) electrons. The fourth-order valence-corrected chi connectivity index (χ4v) is 3.61. The Morgan fingerprint density at radius 2 is 1.55 bits per heavy atom. The van der Waals surface area contributed by atoms with E-state index in [0.29, 0.717) is 11.1 Å². The molecule has 2 amide bonds. The molecule has 2 aliphatic heterocycles. The van der Waals surface area contributed by atoms with Crippen LogP contribution in [0.3, 0.4) is 0 Å². The van der Waals surface area contributed by atoms with Crippen molar-refractivity contribution in [1.82, 2.24) is 4.90 Å². The third-order valence-corrected chi connectivity index (χ3v) is 4.78. The van der Waals surface area contributed by atoms with Gasteiger partial charge in [0, 0.05) is 47.7 Å². The zero-order chi connectivity index (χ0) is 15.3. The number of rotatable bonds is 1. The Bertz CT molecular complexity index is 769. The molecule has 0 aromatic heterocycles. The molecule has 0 saturated carbocycles. The summed E-state index contributed by atoms with van der Waals surface area (Å²) in [6, 6.07) is 9.67. The Kier molecular flexibility index (Phi) is 2.93. The summed E-state index contributed by atoms with van der Waals surface area (Å²) in [6.07, 6.45) is 3.67. The third kappa shape index (κ3) is 1.76. The predicted octanol–water partition coefficient (Wildman–Crippen LogP) is 3.06. The Morgan fingerprint density at radius 3 is 2.27 bits per heavy atom. The first-order valence-corrected chi connectivity index (χ1v) is 7.81. The minimum absolute atomic E-state index is 0.209. The van der Waals surface area contributed by atoms with Gasteiger partial charge in [0.2, 0.25) is 0 Å². The van der Waals surface area contributed by atoms with Gasteiger partial charge >= 0.3 is 0 Å². The lowest BCUT2D eigenvalue weighted by Crippen LogP contribution is -2.37. The van der Waals surface area contributed by atoms with Gasteiger partial charge in [-0.05, 0) is 37.5 Å². The van der Waals surface area contributed by atoms with Gasteiger partial charge < -0.3 is 4.90 Å². The summed E-state index contributed by atoms with van der Waals surface area (Å²) in [5.41, 5.74) is 2.41. The summed E-state index contributed by atoms with van der Waals surface area (Å²) in [7, 11) is 1.55. The molecule has 0 aliphatic carbocycles. The zero-order valence-electron chi connectivity index (χ0n) is 12.6. The summed E-state index contributed by atoms with van der Waals surface area (Å²) >= 11 is 0. The number of benzene rings is 2. The van der Waals surface area contributed by atoms with Gasteiger partial charge in [-0.15, -0.1) is 0 Å². The first-order chi connectivity index (χ1) is 10.7. The van der Waals surface area contributed by atoms with Crippen molar-refractivity contribution in [2.75, 3.05) is 25.0 Å². The van der Waals surface area contributed by atoms with Gasteiger partial charge in [0.05, 0.1) is 0 Å². The van der Waals surface area contributed by atoms with Crippen molar-refractivity contribution in [1.29, 1.82) is 0 Å². The molecule has 0 N–H and O–H groups in total. The molecular weight excluding hydrogens is 276 g/mol. The quantitative estimate of drug-likeness (QED) is 0.759. The summed E-state index contributed by atoms with van der Waals surface area (Å²) in [5, 5.41) is 1.84. The monoisotopic (exact) mass is 294 g/mol. The molecule has 0 atom stereocenters. The summed E-state index contributed by atoms with van der Waals surface area (Å²) in [6.45, 7) is 2.08. The highest BCUT2D eigenvalue weighted by atomic mass is 16.2. The molecule has 2 aromatic carbocycles. The largest absolute Gasteiger partial charge is 0.371 e. The maximum Gasteiger partial charge on any atom is 0.261 e. The summed E-state index contributed by atoms with van der Waals surface area (Å²) in [4.78, 5) is 28.4. The number of anilines is 1. The fraction of sp³-hybridized carbons (Fsp3) is 0.333. The SMILES string of the molecule is CN1C(=O)c2cccc3c(N4CCCCC4)ccc(c23)C1=O. The van der Waals surface area contributed by atoms with Crippen molar-refractivity contribution in [2.45, 2.75) is 19.3 Å². The molecule has 2 aliphatic rings. The van der Waals surface area contributed by atoms with E-state index in [0.717, 1.165) is 29.5 Å². The fourth-order valence-electron chi connectivity index (χ4n) is 3.61. The molecule has 2 aromatic rings. The summed E-state index contributed by atoms with van der Waals surface area (Å²) < 4.78 is 0. The number of hydrogen-bond donors (Lipinski definition) is 0. The van der Waals surface area contributed by atoms with E-state index in [1.54, 1.807) is 7.05 Å². The molecule has 4 nitrogen and oxygen atoms in total. The second-order valence-corrected chi connectivity index (χ2v) is 6.08. The van der Waals surface area contributed by atoms with E-state index < -0.39 is 0 Å². The minimum atomic E-state index is -0.209. The Balaban J connectivity index is 1.98. The van der Waals surface area contributed by atoms with Gasteiger partial charge in [-0.2, -0.15) is 0 Å². The highest BCUT2D eigenvalue weighted by Crippen LogP contribution is 2.36.